The molecule has 0 radical (unpaired) electrons. The van der Waals surface area contributed by atoms with E-state index in [2.05, 4.69) is 12.2 Å². The molecule has 100 valence electrons. The quantitative estimate of drug-likeness (QED) is 0.607. The van der Waals surface area contributed by atoms with E-state index in [1.807, 2.05) is 0 Å². The van der Waals surface area contributed by atoms with Gasteiger partial charge in [0, 0.05) is 13.0 Å². The lowest BCUT2D eigenvalue weighted by Crippen LogP contribution is -2.48. The molecule has 0 unspecified atom stereocenters. The highest BCUT2D eigenvalue weighted by atomic mass is 32.1. The Morgan fingerprint density at radius 3 is 1.88 bits per heavy atom. The molecule has 0 aromatic rings. The van der Waals surface area contributed by atoms with Crippen LogP contribution >= 0.6 is 12.2 Å². The molecule has 3 N–H and O–H groups in total. The number of carbonyl (C=O) groups excluding carboxylic acids is 1. The number of nitrogens with one attached hydrogen (secondary N) is 1. The minimum absolute atomic E-state index is 0.124. The predicted octanol–water partition coefficient (Wildman–Crippen LogP) is 1.52. The number of hydrogen-bond donors (Lipinski definition) is 2. The number of hydrogen-bond acceptors (Lipinski definition) is 2. The van der Waals surface area contributed by atoms with Crippen LogP contribution in [-0.4, -0.2) is 29.8 Å². The van der Waals surface area contributed by atoms with Crippen molar-refractivity contribution >= 4 is 23.1 Å². The Labute approximate surface area is 97.3 Å². The van der Waals surface area contributed by atoms with Gasteiger partial charge in [-0.2, -0.15) is 26.3 Å². The average Bonchev–Trinajstić information content (AvgIpc) is 1.96. The van der Waals surface area contributed by atoms with Gasteiger partial charge in [0.1, 0.15) is 0 Å². The fourth-order valence-electron chi connectivity index (χ4n) is 0.894. The maximum absolute atomic E-state index is 12.0. The Bertz CT molecular complexity index is 286. The minimum Gasteiger partial charge on any atom is -0.393 e. The summed E-state index contributed by atoms with van der Waals surface area (Å²) in [7, 11) is 0. The van der Waals surface area contributed by atoms with Gasteiger partial charge >= 0.3 is 12.4 Å². The molecule has 0 aromatic carbocycles. The van der Waals surface area contributed by atoms with Crippen molar-refractivity contribution in [3.8, 4) is 0 Å². The molecular formula is C7H8F6N2OS. The average molecular weight is 282 g/mol. The molecule has 0 rings (SSSR count). The van der Waals surface area contributed by atoms with Crippen molar-refractivity contribution < 1.29 is 31.1 Å². The van der Waals surface area contributed by atoms with Gasteiger partial charge in [-0.15, -0.1) is 0 Å². The monoisotopic (exact) mass is 282 g/mol. The molecule has 1 amide bonds. The van der Waals surface area contributed by atoms with Crippen LogP contribution in [0.2, 0.25) is 0 Å². The van der Waals surface area contributed by atoms with Crippen LogP contribution in [0.3, 0.4) is 0 Å². The van der Waals surface area contributed by atoms with Gasteiger partial charge in [0.05, 0.1) is 4.99 Å². The zero-order chi connectivity index (χ0) is 13.9. The lowest BCUT2D eigenvalue weighted by molar-refractivity contribution is -0.274. The summed E-state index contributed by atoms with van der Waals surface area (Å²) in [5.41, 5.74) is 4.96. The number of carbonyl (C=O) groups is 1. The summed E-state index contributed by atoms with van der Waals surface area (Å²) in [6.45, 7) is -0.475. The second kappa shape index (κ2) is 5.52. The van der Waals surface area contributed by atoms with Crippen molar-refractivity contribution in [2.45, 2.75) is 18.8 Å². The van der Waals surface area contributed by atoms with Gasteiger partial charge in [-0.3, -0.25) is 4.79 Å². The van der Waals surface area contributed by atoms with E-state index < -0.39 is 30.7 Å². The van der Waals surface area contributed by atoms with Crippen LogP contribution in [0.4, 0.5) is 26.3 Å². The first-order valence-electron chi connectivity index (χ1n) is 4.15. The second-order valence-corrected chi connectivity index (χ2v) is 3.55. The SMILES string of the molecule is NC(=S)CCNC(=O)C(C(F)(F)F)C(F)(F)F. The third kappa shape index (κ3) is 5.71. The van der Waals surface area contributed by atoms with Crippen LogP contribution in [0.15, 0.2) is 0 Å². The maximum atomic E-state index is 12.0. The van der Waals surface area contributed by atoms with Crippen LogP contribution in [0.1, 0.15) is 6.42 Å². The molecule has 0 fully saturated rings. The molecule has 3 nitrogen and oxygen atoms in total. The first-order valence-corrected chi connectivity index (χ1v) is 4.56. The van der Waals surface area contributed by atoms with E-state index in [1.165, 1.54) is 5.32 Å². The highest BCUT2D eigenvalue weighted by molar-refractivity contribution is 7.80. The van der Waals surface area contributed by atoms with Crippen molar-refractivity contribution in [2.75, 3.05) is 6.54 Å². The normalized spacial score (nSPS) is 12.6. The molecule has 17 heavy (non-hydrogen) atoms. The lowest BCUT2D eigenvalue weighted by Gasteiger charge is -2.21. The summed E-state index contributed by atoms with van der Waals surface area (Å²) in [5.74, 6) is -6.21. The summed E-state index contributed by atoms with van der Waals surface area (Å²) in [6, 6.07) is 0. The summed E-state index contributed by atoms with van der Waals surface area (Å²) >= 11 is 4.34. The summed E-state index contributed by atoms with van der Waals surface area (Å²) in [5, 5.41) is 1.48. The zero-order valence-electron chi connectivity index (χ0n) is 8.15. The third-order valence-electron chi connectivity index (χ3n) is 1.59. The van der Waals surface area contributed by atoms with Crippen LogP contribution in [0, 0.1) is 5.92 Å². The molecule has 0 spiro atoms. The van der Waals surface area contributed by atoms with Crippen molar-refractivity contribution in [3.05, 3.63) is 0 Å². The molecule has 0 bridgehead atoms. The molecule has 0 atom stereocenters. The van der Waals surface area contributed by atoms with Crippen molar-refractivity contribution in [1.82, 2.24) is 5.32 Å². The van der Waals surface area contributed by atoms with Gasteiger partial charge < -0.3 is 11.1 Å². The van der Waals surface area contributed by atoms with Crippen LogP contribution < -0.4 is 11.1 Å². The predicted molar refractivity (Wildman–Crippen MR) is 50.0 cm³/mol. The minimum atomic E-state index is -5.69. The third-order valence-corrected chi connectivity index (χ3v) is 1.79. The Kier molecular flexibility index (Phi) is 5.17. The van der Waals surface area contributed by atoms with Crippen LogP contribution in [0.5, 0.6) is 0 Å². The highest BCUT2D eigenvalue weighted by Crippen LogP contribution is 2.39. The summed E-state index contributed by atoms with van der Waals surface area (Å²) in [6.07, 6.45) is -11.6. The maximum Gasteiger partial charge on any atom is 0.409 e. The first-order chi connectivity index (χ1) is 7.46. The summed E-state index contributed by atoms with van der Waals surface area (Å²) in [4.78, 5) is 10.7. The molecule has 0 aliphatic rings. The van der Waals surface area contributed by atoms with Gasteiger partial charge in [-0.25, -0.2) is 0 Å². The molecule has 0 saturated carbocycles. The highest BCUT2D eigenvalue weighted by Gasteiger charge is 2.60. The Hall–Kier alpha value is -1.06. The molecule has 0 aliphatic carbocycles. The van der Waals surface area contributed by atoms with E-state index in [0.717, 1.165) is 0 Å². The fourth-order valence-corrected chi connectivity index (χ4v) is 0.996. The van der Waals surface area contributed by atoms with Crippen molar-refractivity contribution in [3.63, 3.8) is 0 Å². The smallest absolute Gasteiger partial charge is 0.393 e. The largest absolute Gasteiger partial charge is 0.409 e. The van der Waals surface area contributed by atoms with E-state index in [1.54, 1.807) is 0 Å². The molecular weight excluding hydrogens is 274 g/mol. The van der Waals surface area contributed by atoms with Crippen LogP contribution in [0.25, 0.3) is 0 Å². The number of rotatable bonds is 4. The Balaban J connectivity index is 4.63. The van der Waals surface area contributed by atoms with Gasteiger partial charge in [-0.1, -0.05) is 12.2 Å². The first kappa shape index (κ1) is 15.9. The lowest BCUT2D eigenvalue weighted by atomic mass is 10.1. The van der Waals surface area contributed by atoms with E-state index >= 15 is 0 Å². The van der Waals surface area contributed by atoms with Gasteiger partial charge in [-0.05, 0) is 0 Å². The number of halogens is 6. The number of thiocarbonyl (C=S) groups is 1. The van der Waals surface area contributed by atoms with Crippen molar-refractivity contribution in [1.29, 1.82) is 0 Å². The van der Waals surface area contributed by atoms with Gasteiger partial charge in [0.2, 0.25) is 11.8 Å². The molecule has 0 heterocycles. The fraction of sp³-hybridized carbons (Fsp3) is 0.714. The van der Waals surface area contributed by atoms with E-state index in [-0.39, 0.29) is 11.4 Å². The molecule has 0 aromatic heterocycles. The van der Waals surface area contributed by atoms with Crippen molar-refractivity contribution in [2.24, 2.45) is 11.7 Å². The van der Waals surface area contributed by atoms with E-state index in [9.17, 15) is 31.1 Å². The van der Waals surface area contributed by atoms with E-state index in [4.69, 9.17) is 5.73 Å². The zero-order valence-corrected chi connectivity index (χ0v) is 8.97. The van der Waals surface area contributed by atoms with Gasteiger partial charge in [0.25, 0.3) is 0 Å². The molecule has 10 heteroatoms. The number of amides is 1. The van der Waals surface area contributed by atoms with Gasteiger partial charge in [0.15, 0.2) is 0 Å². The molecule has 0 aliphatic heterocycles. The number of nitrogens with two attached hydrogens (primary N) is 1. The van der Waals surface area contributed by atoms with E-state index in [0.29, 0.717) is 0 Å². The Morgan fingerprint density at radius 2 is 1.59 bits per heavy atom. The topological polar surface area (TPSA) is 55.1 Å². The number of alkyl halides is 6. The Morgan fingerprint density at radius 1 is 1.18 bits per heavy atom. The second-order valence-electron chi connectivity index (χ2n) is 3.02. The summed E-state index contributed by atoms with van der Waals surface area (Å²) < 4.78 is 72.1. The standard InChI is InChI=1S/C7H8F6N2OS/c8-6(9,10)4(7(11,12)13)5(16)15-2-1-3(14)17/h4H,1-2H2,(H2,14,17)(H,15,16). The van der Waals surface area contributed by atoms with Crippen LogP contribution in [-0.2, 0) is 4.79 Å². The molecule has 0 saturated heterocycles.